The van der Waals surface area contributed by atoms with E-state index in [-0.39, 0.29) is 11.9 Å². The van der Waals surface area contributed by atoms with Gasteiger partial charge in [0.1, 0.15) is 16.9 Å². The summed E-state index contributed by atoms with van der Waals surface area (Å²) in [6.45, 7) is 1.84. The monoisotopic (exact) mass is 342 g/mol. The van der Waals surface area contributed by atoms with Gasteiger partial charge in [0.15, 0.2) is 0 Å². The van der Waals surface area contributed by atoms with Gasteiger partial charge >= 0.3 is 0 Å². The lowest BCUT2D eigenvalue weighted by molar-refractivity contribution is -0.117. The molecule has 3 aromatic rings. The highest BCUT2D eigenvalue weighted by Gasteiger charge is 2.15. The van der Waals surface area contributed by atoms with Crippen LogP contribution in [0.2, 0.25) is 0 Å². The summed E-state index contributed by atoms with van der Waals surface area (Å²) in [5, 5.41) is 13.6. The van der Waals surface area contributed by atoms with Gasteiger partial charge in [-0.1, -0.05) is 12.1 Å². The molecule has 0 aliphatic rings. The van der Waals surface area contributed by atoms with Gasteiger partial charge in [-0.05, 0) is 37.3 Å². The van der Waals surface area contributed by atoms with E-state index < -0.39 is 6.10 Å². The number of carbonyl (C=O) groups is 1. The Hall–Kier alpha value is -2.44. The van der Waals surface area contributed by atoms with Crippen LogP contribution in [-0.4, -0.2) is 22.0 Å². The summed E-state index contributed by atoms with van der Waals surface area (Å²) in [4.78, 5) is 16.4. The highest BCUT2D eigenvalue weighted by Crippen LogP contribution is 2.22. The number of aromatic nitrogens is 1. The minimum absolute atomic E-state index is 0.183. The van der Waals surface area contributed by atoms with Gasteiger partial charge in [0.2, 0.25) is 5.91 Å². The third kappa shape index (κ3) is 4.10. The molecule has 5 nitrogen and oxygen atoms in total. The zero-order valence-electron chi connectivity index (χ0n) is 13.2. The molecule has 1 amide bonds. The van der Waals surface area contributed by atoms with Crippen molar-refractivity contribution >= 4 is 33.5 Å². The molecule has 2 heterocycles. The van der Waals surface area contributed by atoms with E-state index in [9.17, 15) is 9.90 Å². The number of benzene rings is 1. The first-order valence-corrected chi connectivity index (χ1v) is 8.49. The lowest BCUT2D eigenvalue weighted by atomic mass is 10.1. The fraction of sp³-hybridized carbons (Fsp3) is 0.222. The average molecular weight is 342 g/mol. The molecule has 0 fully saturated rings. The zero-order valence-corrected chi connectivity index (χ0v) is 14.0. The second-order valence-corrected chi connectivity index (χ2v) is 6.59. The zero-order chi connectivity index (χ0) is 16.9. The maximum absolute atomic E-state index is 12.0. The molecule has 0 aliphatic carbocycles. The quantitative estimate of drug-likeness (QED) is 0.672. The normalized spacial score (nSPS) is 14.1. The van der Waals surface area contributed by atoms with Crippen LogP contribution < -0.4 is 5.32 Å². The number of hydrogen-bond acceptors (Lipinski definition) is 5. The van der Waals surface area contributed by atoms with E-state index in [4.69, 9.17) is 4.42 Å². The molecule has 0 saturated carbocycles. The number of para-hydroxylation sites is 1. The third-order valence-electron chi connectivity index (χ3n) is 3.52. The molecule has 0 spiro atoms. The fourth-order valence-corrected chi connectivity index (χ4v) is 3.26. The van der Waals surface area contributed by atoms with Gasteiger partial charge in [-0.2, -0.15) is 0 Å². The number of carbonyl (C=O) groups excluding carboxylic acids is 1. The molecular formula is C18H18N2O3S. The third-order valence-corrected chi connectivity index (χ3v) is 4.53. The minimum atomic E-state index is -0.733. The van der Waals surface area contributed by atoms with Gasteiger partial charge in [-0.15, -0.1) is 11.3 Å². The lowest BCUT2D eigenvalue weighted by Gasteiger charge is -2.15. The Kier molecular flexibility index (Phi) is 5.08. The first kappa shape index (κ1) is 16.4. The molecule has 0 saturated heterocycles. The summed E-state index contributed by atoms with van der Waals surface area (Å²) in [6.07, 6.45) is 4.34. The molecule has 124 valence electrons. The largest absolute Gasteiger partial charge is 0.467 e. The van der Waals surface area contributed by atoms with Crippen LogP contribution in [-0.2, 0) is 4.79 Å². The molecule has 3 rings (SSSR count). The molecule has 1 aromatic carbocycles. The van der Waals surface area contributed by atoms with Gasteiger partial charge < -0.3 is 14.8 Å². The number of hydrogen-bond donors (Lipinski definition) is 2. The number of furan rings is 1. The molecule has 2 N–H and O–H groups in total. The summed E-state index contributed by atoms with van der Waals surface area (Å²) in [5.41, 5.74) is 0.928. The van der Waals surface area contributed by atoms with Crippen molar-refractivity contribution in [1.82, 2.24) is 10.3 Å². The molecule has 24 heavy (non-hydrogen) atoms. The van der Waals surface area contributed by atoms with Crippen molar-refractivity contribution in [2.75, 3.05) is 0 Å². The molecule has 0 radical (unpaired) electrons. The summed E-state index contributed by atoms with van der Waals surface area (Å²) in [5.74, 6) is 0.287. The van der Waals surface area contributed by atoms with E-state index in [0.717, 1.165) is 15.2 Å². The Morgan fingerprint density at radius 2 is 2.21 bits per heavy atom. The summed E-state index contributed by atoms with van der Waals surface area (Å²) in [6, 6.07) is 11.1. The van der Waals surface area contributed by atoms with Crippen LogP contribution in [0.25, 0.3) is 16.3 Å². The Morgan fingerprint density at radius 1 is 1.38 bits per heavy atom. The predicted octanol–water partition coefficient (Wildman–Crippen LogP) is 3.53. The topological polar surface area (TPSA) is 75.4 Å². The number of nitrogens with zero attached hydrogens (tertiary/aromatic N) is 1. The fourth-order valence-electron chi connectivity index (χ4n) is 2.39. The van der Waals surface area contributed by atoms with Gasteiger partial charge in [-0.25, -0.2) is 4.98 Å². The van der Waals surface area contributed by atoms with E-state index in [2.05, 4.69) is 10.3 Å². The number of aliphatic hydroxyl groups excluding tert-OH is 1. The van der Waals surface area contributed by atoms with E-state index in [1.165, 1.54) is 23.7 Å². The molecule has 0 bridgehead atoms. The highest BCUT2D eigenvalue weighted by atomic mass is 32.1. The highest BCUT2D eigenvalue weighted by molar-refractivity contribution is 7.19. The molecule has 0 aliphatic heterocycles. The molecule has 2 unspecified atom stereocenters. The van der Waals surface area contributed by atoms with Crippen molar-refractivity contribution in [3.63, 3.8) is 0 Å². The van der Waals surface area contributed by atoms with Gasteiger partial charge in [-0.3, -0.25) is 4.79 Å². The summed E-state index contributed by atoms with van der Waals surface area (Å²) >= 11 is 1.54. The Balaban J connectivity index is 1.54. The van der Waals surface area contributed by atoms with Crippen LogP contribution in [0.3, 0.4) is 0 Å². The van der Waals surface area contributed by atoms with Gasteiger partial charge in [0, 0.05) is 18.5 Å². The minimum Gasteiger partial charge on any atom is -0.467 e. The smallest absolute Gasteiger partial charge is 0.244 e. The van der Waals surface area contributed by atoms with Crippen LogP contribution in [0, 0.1) is 0 Å². The molecule has 2 aromatic heterocycles. The van der Waals surface area contributed by atoms with Crippen molar-refractivity contribution < 1.29 is 14.3 Å². The second kappa shape index (κ2) is 7.42. The Labute approximate surface area is 143 Å². The van der Waals surface area contributed by atoms with Crippen LogP contribution in [0.5, 0.6) is 0 Å². The maximum atomic E-state index is 12.0. The lowest BCUT2D eigenvalue weighted by Crippen LogP contribution is -2.32. The number of aliphatic hydroxyl groups is 1. The number of rotatable bonds is 6. The second-order valence-electron chi connectivity index (χ2n) is 5.53. The van der Waals surface area contributed by atoms with Crippen LogP contribution in [0.15, 0.2) is 53.2 Å². The maximum Gasteiger partial charge on any atom is 0.244 e. The molecule has 6 heteroatoms. The number of amides is 1. The first-order valence-electron chi connectivity index (χ1n) is 7.67. The summed E-state index contributed by atoms with van der Waals surface area (Å²) < 4.78 is 6.24. The van der Waals surface area contributed by atoms with E-state index >= 15 is 0 Å². The Bertz CT molecular complexity index is 806. The van der Waals surface area contributed by atoms with E-state index in [1.807, 2.05) is 31.2 Å². The van der Waals surface area contributed by atoms with Crippen LogP contribution >= 0.6 is 11.3 Å². The standard InChI is InChI=1S/C18H18N2O3S/c1-12(11-14(21)15-6-4-10-23-15)19-17(22)8-9-18-20-13-5-2-3-7-16(13)24-18/h2-10,12,14,21H,11H2,1H3,(H,19,22)/b9-8+. The number of fused-ring (bicyclic) bond motifs is 1. The van der Waals surface area contributed by atoms with Crippen LogP contribution in [0.1, 0.15) is 30.2 Å². The number of nitrogens with one attached hydrogen (secondary N) is 1. The molecule has 2 atom stereocenters. The predicted molar refractivity (Wildman–Crippen MR) is 94.5 cm³/mol. The van der Waals surface area contributed by atoms with Crippen LogP contribution in [0.4, 0.5) is 0 Å². The van der Waals surface area contributed by atoms with E-state index in [1.54, 1.807) is 18.2 Å². The number of thiazole rings is 1. The van der Waals surface area contributed by atoms with Crippen molar-refractivity contribution in [3.05, 3.63) is 59.5 Å². The summed E-state index contributed by atoms with van der Waals surface area (Å²) in [7, 11) is 0. The first-order chi connectivity index (χ1) is 11.6. The molecular weight excluding hydrogens is 324 g/mol. The Morgan fingerprint density at radius 3 is 2.96 bits per heavy atom. The van der Waals surface area contributed by atoms with Crippen molar-refractivity contribution in [1.29, 1.82) is 0 Å². The van der Waals surface area contributed by atoms with Crippen molar-refractivity contribution in [2.45, 2.75) is 25.5 Å². The van der Waals surface area contributed by atoms with Crippen molar-refractivity contribution in [2.24, 2.45) is 0 Å². The van der Waals surface area contributed by atoms with Crippen molar-refractivity contribution in [3.8, 4) is 0 Å². The van der Waals surface area contributed by atoms with Gasteiger partial charge in [0.05, 0.1) is 16.5 Å². The van der Waals surface area contributed by atoms with Gasteiger partial charge in [0.25, 0.3) is 0 Å². The SMILES string of the molecule is CC(CC(O)c1ccco1)NC(=O)/C=C/c1nc2ccccc2s1. The average Bonchev–Trinajstić information content (AvgIpc) is 3.21. The van der Waals surface area contributed by atoms with E-state index in [0.29, 0.717) is 12.2 Å².